The lowest BCUT2D eigenvalue weighted by Gasteiger charge is -2.34. The lowest BCUT2D eigenvalue weighted by Crippen LogP contribution is -2.24. The van der Waals surface area contributed by atoms with Crippen LogP contribution in [0.4, 0.5) is 0 Å². The summed E-state index contributed by atoms with van der Waals surface area (Å²) < 4.78 is 6.37. The lowest BCUT2D eigenvalue weighted by atomic mass is 9.75. The van der Waals surface area contributed by atoms with Crippen molar-refractivity contribution in [3.05, 3.63) is 196 Å². The fraction of sp³-hybridized carbons (Fsp3) is 0.102. The van der Waals surface area contributed by atoms with E-state index in [4.69, 9.17) is 11.2 Å². The molecule has 1 heteroatoms. The number of terminal acetylenes is 1. The van der Waals surface area contributed by atoms with Gasteiger partial charge in [-0.15, -0.1) is 6.42 Å². The van der Waals surface area contributed by atoms with Crippen molar-refractivity contribution in [2.45, 2.75) is 32.1 Å². The maximum atomic E-state index is 6.37. The van der Waals surface area contributed by atoms with Crippen LogP contribution in [-0.4, -0.2) is 0 Å². The van der Waals surface area contributed by atoms with Gasteiger partial charge in [0.15, 0.2) is 0 Å². The Morgan fingerprint density at radius 3 is 1.92 bits per heavy atom. The second-order valence-electron chi connectivity index (χ2n) is 14.0. The summed E-state index contributed by atoms with van der Waals surface area (Å²) in [4.78, 5) is 0. The van der Waals surface area contributed by atoms with E-state index in [1.54, 1.807) is 0 Å². The Kier molecular flexibility index (Phi) is 6.90. The molecule has 6 aromatic carbocycles. The van der Waals surface area contributed by atoms with Crippen molar-refractivity contribution < 1.29 is 4.74 Å². The molecular formula is C49H36O. The highest BCUT2D eigenvalue weighted by Crippen LogP contribution is 2.56. The van der Waals surface area contributed by atoms with Gasteiger partial charge in [0, 0.05) is 22.5 Å². The average Bonchev–Trinajstić information content (AvgIpc) is 3.63. The molecule has 0 fully saturated rings. The summed E-state index contributed by atoms with van der Waals surface area (Å²) in [6.07, 6.45) is 9.81. The first-order valence-corrected chi connectivity index (χ1v) is 17.3. The van der Waals surface area contributed by atoms with Crippen molar-refractivity contribution in [3.8, 4) is 46.1 Å². The van der Waals surface area contributed by atoms with Crippen molar-refractivity contribution in [2.24, 2.45) is 0 Å². The predicted molar refractivity (Wildman–Crippen MR) is 208 cm³/mol. The molecule has 9 rings (SSSR count). The highest BCUT2D eigenvalue weighted by atomic mass is 16.5. The Hall–Kier alpha value is -6.10. The first-order chi connectivity index (χ1) is 24.5. The van der Waals surface area contributed by atoms with E-state index in [9.17, 15) is 0 Å². The Morgan fingerprint density at radius 2 is 1.22 bits per heavy atom. The SMILES string of the molecule is C#C/C=C\C1=C(C)c2ccccc2C1C(=C1c2ccccc2-c2ccccc21)c1ccc(-c2ccc3c(c2)C(C)(C)c2ccccc2O3)cc1. The fourth-order valence-corrected chi connectivity index (χ4v) is 8.53. The molecule has 0 amide bonds. The summed E-state index contributed by atoms with van der Waals surface area (Å²) in [5.41, 5.74) is 18.6. The maximum Gasteiger partial charge on any atom is 0.131 e. The van der Waals surface area contributed by atoms with Gasteiger partial charge >= 0.3 is 0 Å². The molecule has 0 saturated carbocycles. The molecule has 0 bridgehead atoms. The molecule has 0 radical (unpaired) electrons. The van der Waals surface area contributed by atoms with Crippen molar-refractivity contribution in [1.82, 2.24) is 0 Å². The van der Waals surface area contributed by atoms with Gasteiger partial charge in [-0.3, -0.25) is 0 Å². The monoisotopic (exact) mass is 640 g/mol. The molecule has 238 valence electrons. The molecule has 1 atom stereocenters. The molecule has 1 aliphatic heterocycles. The van der Waals surface area contributed by atoms with E-state index in [0.29, 0.717) is 0 Å². The summed E-state index contributed by atoms with van der Waals surface area (Å²) >= 11 is 0. The summed E-state index contributed by atoms with van der Waals surface area (Å²) in [5.74, 6) is 4.63. The molecule has 50 heavy (non-hydrogen) atoms. The van der Waals surface area contributed by atoms with Gasteiger partial charge < -0.3 is 4.74 Å². The third kappa shape index (κ3) is 4.49. The van der Waals surface area contributed by atoms with Crippen LogP contribution in [0.15, 0.2) is 157 Å². The van der Waals surface area contributed by atoms with Gasteiger partial charge in [0.25, 0.3) is 0 Å². The first-order valence-electron chi connectivity index (χ1n) is 17.3. The summed E-state index contributed by atoms with van der Waals surface area (Å²) in [7, 11) is 0. The molecule has 0 N–H and O–H groups in total. The van der Waals surface area contributed by atoms with Crippen LogP contribution in [0.2, 0.25) is 0 Å². The zero-order valence-corrected chi connectivity index (χ0v) is 28.5. The topological polar surface area (TPSA) is 9.23 Å². The van der Waals surface area contributed by atoms with Gasteiger partial charge in [0.2, 0.25) is 0 Å². The largest absolute Gasteiger partial charge is 0.457 e. The maximum absolute atomic E-state index is 6.37. The van der Waals surface area contributed by atoms with E-state index in [0.717, 1.165) is 11.5 Å². The van der Waals surface area contributed by atoms with Gasteiger partial charge in [-0.2, -0.15) is 0 Å². The highest BCUT2D eigenvalue weighted by molar-refractivity contribution is 6.13. The second kappa shape index (κ2) is 11.5. The van der Waals surface area contributed by atoms with Gasteiger partial charge in [-0.05, 0) is 110 Å². The quantitative estimate of drug-likeness (QED) is 0.174. The van der Waals surface area contributed by atoms with Crippen molar-refractivity contribution in [3.63, 3.8) is 0 Å². The number of hydrogen-bond acceptors (Lipinski definition) is 1. The van der Waals surface area contributed by atoms with Crippen LogP contribution in [-0.2, 0) is 5.41 Å². The summed E-state index contributed by atoms with van der Waals surface area (Å²) in [5, 5.41) is 0. The number of allylic oxidation sites excluding steroid dienone is 5. The van der Waals surface area contributed by atoms with E-state index < -0.39 is 0 Å². The zero-order valence-electron chi connectivity index (χ0n) is 28.5. The first kappa shape index (κ1) is 30.0. The normalized spacial score (nSPS) is 16.2. The third-order valence-electron chi connectivity index (χ3n) is 11.0. The van der Waals surface area contributed by atoms with E-state index in [1.807, 2.05) is 12.1 Å². The molecule has 1 heterocycles. The summed E-state index contributed by atoms with van der Waals surface area (Å²) in [6.45, 7) is 6.81. The molecule has 0 spiro atoms. The van der Waals surface area contributed by atoms with E-state index in [1.165, 1.54) is 83.5 Å². The average molecular weight is 641 g/mol. The molecule has 2 aliphatic carbocycles. The van der Waals surface area contributed by atoms with Crippen LogP contribution < -0.4 is 4.74 Å². The van der Waals surface area contributed by atoms with Gasteiger partial charge in [-0.1, -0.05) is 141 Å². The van der Waals surface area contributed by atoms with Crippen LogP contribution in [0.5, 0.6) is 11.5 Å². The van der Waals surface area contributed by atoms with Crippen molar-refractivity contribution in [2.75, 3.05) is 0 Å². The molecule has 0 saturated heterocycles. The number of fused-ring (bicyclic) bond motifs is 6. The minimum atomic E-state index is -0.177. The minimum Gasteiger partial charge on any atom is -0.457 e. The minimum absolute atomic E-state index is 0.0117. The molecule has 3 aliphatic rings. The number of ether oxygens (including phenoxy) is 1. The third-order valence-corrected chi connectivity index (χ3v) is 11.0. The van der Waals surface area contributed by atoms with Crippen LogP contribution in [0.1, 0.15) is 65.6 Å². The molecule has 1 nitrogen and oxygen atoms in total. The Bertz CT molecular complexity index is 2440. The smallest absolute Gasteiger partial charge is 0.131 e. The standard InChI is InChI=1S/C49H36O/c1-5-6-15-36-31(2)35-16-7-10-19-39(35)47(36)46(48-40-20-11-8-17-37(40)38-18-9-12-21-41(38)48)33-26-24-32(25-27-33)34-28-29-45-43(30-34)49(3,4)42-22-13-14-23-44(42)50-45/h1,6-30,47H,2-4H3/b15-6-. The zero-order chi connectivity index (χ0) is 34.0. The molecule has 0 aromatic heterocycles. The number of hydrogen-bond donors (Lipinski definition) is 0. The molecule has 6 aromatic rings. The molecular weight excluding hydrogens is 605 g/mol. The predicted octanol–water partition coefficient (Wildman–Crippen LogP) is 12.5. The second-order valence-corrected chi connectivity index (χ2v) is 14.0. The van der Waals surface area contributed by atoms with Crippen LogP contribution in [0.3, 0.4) is 0 Å². The number of para-hydroxylation sites is 1. The highest BCUT2D eigenvalue weighted by Gasteiger charge is 2.37. The Labute approximate surface area is 294 Å². The lowest BCUT2D eigenvalue weighted by molar-refractivity contribution is 0.418. The number of benzene rings is 6. The number of rotatable bonds is 4. The van der Waals surface area contributed by atoms with Gasteiger partial charge in [0.05, 0.1) is 0 Å². The Balaban J connectivity index is 1.24. The van der Waals surface area contributed by atoms with E-state index >= 15 is 0 Å². The van der Waals surface area contributed by atoms with E-state index in [-0.39, 0.29) is 11.3 Å². The van der Waals surface area contributed by atoms with Crippen molar-refractivity contribution >= 4 is 16.7 Å². The van der Waals surface area contributed by atoms with Gasteiger partial charge in [-0.25, -0.2) is 0 Å². The van der Waals surface area contributed by atoms with Crippen LogP contribution in [0.25, 0.3) is 39.0 Å². The molecule has 1 unspecified atom stereocenters. The van der Waals surface area contributed by atoms with Crippen molar-refractivity contribution in [1.29, 1.82) is 0 Å². The van der Waals surface area contributed by atoms with E-state index in [2.05, 4.69) is 166 Å². The Morgan fingerprint density at radius 1 is 0.640 bits per heavy atom. The fourth-order valence-electron chi connectivity index (χ4n) is 8.53. The van der Waals surface area contributed by atoms with Gasteiger partial charge in [0.1, 0.15) is 11.5 Å². The van der Waals surface area contributed by atoms with Crippen LogP contribution >= 0.6 is 0 Å². The van der Waals surface area contributed by atoms with Crippen LogP contribution in [0, 0.1) is 12.3 Å². The summed E-state index contributed by atoms with van der Waals surface area (Å²) in [6, 6.07) is 50.7.